The van der Waals surface area contributed by atoms with Crippen molar-refractivity contribution in [1.82, 2.24) is 5.32 Å². The summed E-state index contributed by atoms with van der Waals surface area (Å²) in [5.41, 5.74) is 0.540. The Bertz CT molecular complexity index is 237. The smallest absolute Gasteiger partial charge is 0.0897 e. The predicted molar refractivity (Wildman–Crippen MR) is 70.6 cm³/mol. The van der Waals surface area contributed by atoms with Crippen molar-refractivity contribution >= 4 is 0 Å². The van der Waals surface area contributed by atoms with E-state index >= 15 is 0 Å². The van der Waals surface area contributed by atoms with Gasteiger partial charge in [0, 0.05) is 19.7 Å². The third-order valence-electron chi connectivity index (χ3n) is 4.23. The number of aliphatic hydroxyl groups excluding tert-OH is 1. The Kier molecular flexibility index (Phi) is 5.42. The van der Waals surface area contributed by atoms with Crippen LogP contribution in [0.5, 0.6) is 0 Å². The lowest BCUT2D eigenvalue weighted by molar-refractivity contribution is -0.0166. The summed E-state index contributed by atoms with van der Waals surface area (Å²) in [6, 6.07) is 0. The van der Waals surface area contributed by atoms with E-state index in [1.165, 1.54) is 19.3 Å². The summed E-state index contributed by atoms with van der Waals surface area (Å²) in [6.07, 6.45) is 5.99. The maximum atomic E-state index is 9.78. The number of nitrogens with one attached hydrogen (secondary N) is 1. The van der Waals surface area contributed by atoms with E-state index in [0.29, 0.717) is 25.2 Å². The van der Waals surface area contributed by atoms with Crippen LogP contribution in [0.1, 0.15) is 39.0 Å². The molecule has 4 nitrogen and oxygen atoms in total. The fraction of sp³-hybridized carbons (Fsp3) is 1.00. The van der Waals surface area contributed by atoms with Gasteiger partial charge in [-0.3, -0.25) is 0 Å². The highest BCUT2D eigenvalue weighted by Gasteiger charge is 2.39. The molecule has 0 aromatic carbocycles. The minimum atomic E-state index is -0.404. The highest BCUT2D eigenvalue weighted by Crippen LogP contribution is 2.47. The molecule has 4 heteroatoms. The molecule has 2 atom stereocenters. The average Bonchev–Trinajstić information content (AvgIpc) is 2.96. The Morgan fingerprint density at radius 2 is 2.33 bits per heavy atom. The lowest BCUT2D eigenvalue weighted by atomic mass is 10.0. The van der Waals surface area contributed by atoms with Crippen molar-refractivity contribution in [2.45, 2.75) is 51.2 Å². The van der Waals surface area contributed by atoms with Crippen LogP contribution in [0.25, 0.3) is 0 Å². The molecule has 0 aromatic heterocycles. The van der Waals surface area contributed by atoms with E-state index in [2.05, 4.69) is 12.2 Å². The molecule has 1 saturated heterocycles. The van der Waals surface area contributed by atoms with Gasteiger partial charge in [-0.25, -0.2) is 0 Å². The second-order valence-electron chi connectivity index (χ2n) is 5.81. The summed E-state index contributed by atoms with van der Waals surface area (Å²) in [5, 5.41) is 13.1. The maximum Gasteiger partial charge on any atom is 0.0897 e. The van der Waals surface area contributed by atoms with Crippen molar-refractivity contribution in [2.75, 3.05) is 32.9 Å². The zero-order chi connectivity index (χ0) is 12.8. The first-order valence-electron chi connectivity index (χ1n) is 7.32. The van der Waals surface area contributed by atoms with E-state index in [0.717, 1.165) is 26.0 Å². The first-order chi connectivity index (χ1) is 8.74. The molecule has 1 aliphatic carbocycles. The van der Waals surface area contributed by atoms with Gasteiger partial charge in [-0.1, -0.05) is 6.92 Å². The van der Waals surface area contributed by atoms with Gasteiger partial charge in [-0.15, -0.1) is 0 Å². The number of ether oxygens (including phenoxy) is 2. The highest BCUT2D eigenvalue weighted by atomic mass is 16.5. The highest BCUT2D eigenvalue weighted by molar-refractivity contribution is 4.93. The van der Waals surface area contributed by atoms with Gasteiger partial charge in [-0.05, 0) is 37.5 Å². The largest absolute Gasteiger partial charge is 0.389 e. The van der Waals surface area contributed by atoms with Crippen molar-refractivity contribution < 1.29 is 14.6 Å². The minimum Gasteiger partial charge on any atom is -0.389 e. The normalized spacial score (nSPS) is 27.3. The van der Waals surface area contributed by atoms with Gasteiger partial charge in [0.15, 0.2) is 0 Å². The van der Waals surface area contributed by atoms with Crippen LogP contribution in [0.15, 0.2) is 0 Å². The Labute approximate surface area is 110 Å². The first-order valence-corrected chi connectivity index (χ1v) is 7.32. The molecule has 1 heterocycles. The second-order valence-corrected chi connectivity index (χ2v) is 5.81. The molecule has 0 bridgehead atoms. The molecule has 106 valence electrons. The van der Waals surface area contributed by atoms with Crippen LogP contribution in [-0.4, -0.2) is 50.2 Å². The zero-order valence-corrected chi connectivity index (χ0v) is 11.5. The average molecular weight is 257 g/mol. The van der Waals surface area contributed by atoms with Crippen LogP contribution in [0.4, 0.5) is 0 Å². The summed E-state index contributed by atoms with van der Waals surface area (Å²) in [5.74, 6) is 0. The second kappa shape index (κ2) is 6.85. The predicted octanol–water partition coefficient (Wildman–Crippen LogP) is 1.32. The summed E-state index contributed by atoms with van der Waals surface area (Å²) in [6.45, 7) is 5.80. The molecule has 2 aliphatic rings. The lowest BCUT2D eigenvalue weighted by Gasteiger charge is -2.17. The molecule has 2 fully saturated rings. The number of hydrogen-bond donors (Lipinski definition) is 2. The van der Waals surface area contributed by atoms with Crippen LogP contribution in [-0.2, 0) is 9.47 Å². The molecule has 2 unspecified atom stereocenters. The van der Waals surface area contributed by atoms with E-state index < -0.39 is 6.10 Å². The van der Waals surface area contributed by atoms with Crippen LogP contribution in [0, 0.1) is 5.41 Å². The minimum absolute atomic E-state index is 0.250. The van der Waals surface area contributed by atoms with E-state index in [-0.39, 0.29) is 6.10 Å². The summed E-state index contributed by atoms with van der Waals surface area (Å²) in [7, 11) is 0. The van der Waals surface area contributed by atoms with Crippen LogP contribution in [0.3, 0.4) is 0 Å². The van der Waals surface area contributed by atoms with Gasteiger partial charge in [0.1, 0.15) is 0 Å². The Hall–Kier alpha value is -0.160. The molecule has 18 heavy (non-hydrogen) atoms. The van der Waals surface area contributed by atoms with Gasteiger partial charge in [0.2, 0.25) is 0 Å². The van der Waals surface area contributed by atoms with E-state index in [1.807, 2.05) is 0 Å². The Morgan fingerprint density at radius 3 is 2.94 bits per heavy atom. The van der Waals surface area contributed by atoms with Crippen molar-refractivity contribution in [3.8, 4) is 0 Å². The van der Waals surface area contributed by atoms with Gasteiger partial charge < -0.3 is 19.9 Å². The monoisotopic (exact) mass is 257 g/mol. The molecule has 1 aliphatic heterocycles. The van der Waals surface area contributed by atoms with Crippen molar-refractivity contribution in [2.24, 2.45) is 5.41 Å². The van der Waals surface area contributed by atoms with Crippen molar-refractivity contribution in [3.63, 3.8) is 0 Å². The van der Waals surface area contributed by atoms with E-state index in [4.69, 9.17) is 9.47 Å². The Morgan fingerprint density at radius 1 is 1.50 bits per heavy atom. The van der Waals surface area contributed by atoms with Gasteiger partial charge >= 0.3 is 0 Å². The number of rotatable bonds is 9. The molecule has 0 aromatic rings. The molecule has 1 saturated carbocycles. The van der Waals surface area contributed by atoms with Gasteiger partial charge in [0.05, 0.1) is 25.4 Å². The van der Waals surface area contributed by atoms with Crippen LogP contribution < -0.4 is 5.32 Å². The number of hydrogen-bond acceptors (Lipinski definition) is 4. The third-order valence-corrected chi connectivity index (χ3v) is 4.23. The third kappa shape index (κ3) is 4.50. The Balaban J connectivity index is 1.46. The summed E-state index contributed by atoms with van der Waals surface area (Å²) in [4.78, 5) is 0. The standard InChI is InChI=1S/C14H27NO3/c1-2-14(5-6-14)11-15-8-12(16)9-17-10-13-4-3-7-18-13/h12-13,15-16H,2-11H2,1H3. The molecule has 2 rings (SSSR count). The van der Waals surface area contributed by atoms with Crippen molar-refractivity contribution in [1.29, 1.82) is 0 Å². The molecule has 0 amide bonds. The van der Waals surface area contributed by atoms with E-state index in [9.17, 15) is 5.11 Å². The van der Waals surface area contributed by atoms with Gasteiger partial charge in [0.25, 0.3) is 0 Å². The van der Waals surface area contributed by atoms with Crippen molar-refractivity contribution in [3.05, 3.63) is 0 Å². The SMILES string of the molecule is CCC1(CNCC(O)COCC2CCCO2)CC1. The fourth-order valence-corrected chi connectivity index (χ4v) is 2.51. The van der Waals surface area contributed by atoms with E-state index in [1.54, 1.807) is 0 Å². The topological polar surface area (TPSA) is 50.7 Å². The molecule has 0 spiro atoms. The lowest BCUT2D eigenvalue weighted by Crippen LogP contribution is -2.34. The summed E-state index contributed by atoms with van der Waals surface area (Å²) < 4.78 is 11.0. The molecular weight excluding hydrogens is 230 g/mol. The fourth-order valence-electron chi connectivity index (χ4n) is 2.51. The molecule has 0 radical (unpaired) electrons. The maximum absolute atomic E-state index is 9.78. The number of aliphatic hydroxyl groups is 1. The summed E-state index contributed by atoms with van der Waals surface area (Å²) >= 11 is 0. The molecule has 2 N–H and O–H groups in total. The zero-order valence-electron chi connectivity index (χ0n) is 11.5. The first kappa shape index (κ1) is 14.3. The molecular formula is C14H27NO3. The van der Waals surface area contributed by atoms with Crippen LogP contribution >= 0.6 is 0 Å². The van der Waals surface area contributed by atoms with Gasteiger partial charge in [-0.2, -0.15) is 0 Å². The van der Waals surface area contributed by atoms with Crippen LogP contribution in [0.2, 0.25) is 0 Å². The quantitative estimate of drug-likeness (QED) is 0.654.